The summed E-state index contributed by atoms with van der Waals surface area (Å²) in [6.45, 7) is 4.46. The predicted octanol–water partition coefficient (Wildman–Crippen LogP) is 1.17. The van der Waals surface area contributed by atoms with E-state index in [1.807, 2.05) is 42.2 Å². The lowest BCUT2D eigenvalue weighted by Gasteiger charge is -2.27. The number of H-pyrrole nitrogens is 1. The number of benzene rings is 1. The molecule has 4 aromatic rings. The first-order valence-corrected chi connectivity index (χ1v) is 8.76. The smallest absolute Gasteiger partial charge is 0.282 e. The van der Waals surface area contributed by atoms with Crippen molar-refractivity contribution in [3.8, 4) is 11.1 Å². The number of aromatic nitrogens is 6. The van der Waals surface area contributed by atoms with Crippen molar-refractivity contribution in [2.24, 2.45) is 0 Å². The maximum Gasteiger partial charge on any atom is 0.282 e. The molecule has 0 bridgehead atoms. The van der Waals surface area contributed by atoms with Crippen LogP contribution in [0.25, 0.3) is 27.9 Å². The first-order valence-electron chi connectivity index (χ1n) is 8.76. The van der Waals surface area contributed by atoms with E-state index >= 15 is 0 Å². The Hall–Kier alpha value is -3.33. The van der Waals surface area contributed by atoms with Gasteiger partial charge in [0.05, 0.1) is 24.5 Å². The summed E-state index contributed by atoms with van der Waals surface area (Å²) in [4.78, 5) is 22.0. The summed E-state index contributed by atoms with van der Waals surface area (Å²) in [5.74, 6) is 0.500. The van der Waals surface area contributed by atoms with Crippen LogP contribution in [0.3, 0.4) is 0 Å². The SMILES string of the molecule is Cc1nn2c(nnc3c(=O)[nH]c(N4CCOCC4)nc32)c1-c1ccccc1. The van der Waals surface area contributed by atoms with Gasteiger partial charge in [0, 0.05) is 13.1 Å². The first-order chi connectivity index (χ1) is 13.2. The number of hydrogen-bond acceptors (Lipinski definition) is 7. The number of nitrogens with one attached hydrogen (secondary N) is 1. The molecule has 5 rings (SSSR count). The zero-order chi connectivity index (χ0) is 18.4. The number of nitrogens with zero attached hydrogens (tertiary/aromatic N) is 6. The molecule has 27 heavy (non-hydrogen) atoms. The number of fused-ring (bicyclic) bond motifs is 3. The maximum absolute atomic E-state index is 12.6. The molecule has 0 unspecified atom stereocenters. The van der Waals surface area contributed by atoms with Crippen LogP contribution in [0.4, 0.5) is 5.95 Å². The Morgan fingerprint density at radius 1 is 1.07 bits per heavy atom. The zero-order valence-corrected chi connectivity index (χ0v) is 14.7. The van der Waals surface area contributed by atoms with E-state index < -0.39 is 0 Å². The summed E-state index contributed by atoms with van der Waals surface area (Å²) in [6, 6.07) is 9.89. The van der Waals surface area contributed by atoms with E-state index in [4.69, 9.17) is 4.74 Å². The summed E-state index contributed by atoms with van der Waals surface area (Å²) in [7, 11) is 0. The van der Waals surface area contributed by atoms with Crippen LogP contribution in [-0.4, -0.2) is 56.1 Å². The molecule has 1 aromatic carbocycles. The molecule has 1 fully saturated rings. The molecule has 3 aromatic heterocycles. The number of ether oxygens (including phenoxy) is 1. The molecular weight excluding hydrogens is 346 g/mol. The van der Waals surface area contributed by atoms with Crippen LogP contribution in [0, 0.1) is 6.92 Å². The molecule has 0 spiro atoms. The van der Waals surface area contributed by atoms with Crippen LogP contribution in [0.1, 0.15) is 5.69 Å². The minimum atomic E-state index is -0.328. The number of aromatic amines is 1. The molecule has 9 nitrogen and oxygen atoms in total. The molecule has 136 valence electrons. The van der Waals surface area contributed by atoms with Crippen molar-refractivity contribution >= 4 is 22.8 Å². The second-order valence-corrected chi connectivity index (χ2v) is 6.42. The normalized spacial score (nSPS) is 14.9. The predicted molar refractivity (Wildman–Crippen MR) is 99.9 cm³/mol. The third kappa shape index (κ3) is 2.55. The van der Waals surface area contributed by atoms with Gasteiger partial charge < -0.3 is 9.64 Å². The minimum absolute atomic E-state index is 0.168. The molecule has 1 aliphatic heterocycles. The number of anilines is 1. The topological polar surface area (TPSA) is 101 Å². The average molecular weight is 363 g/mol. The van der Waals surface area contributed by atoms with Crippen molar-refractivity contribution in [2.75, 3.05) is 31.2 Å². The maximum atomic E-state index is 12.6. The zero-order valence-electron chi connectivity index (χ0n) is 14.7. The largest absolute Gasteiger partial charge is 0.378 e. The quantitative estimate of drug-likeness (QED) is 0.570. The van der Waals surface area contributed by atoms with E-state index in [0.29, 0.717) is 43.5 Å². The van der Waals surface area contributed by atoms with Crippen molar-refractivity contribution < 1.29 is 4.74 Å². The van der Waals surface area contributed by atoms with Gasteiger partial charge in [0.15, 0.2) is 16.8 Å². The summed E-state index contributed by atoms with van der Waals surface area (Å²) in [5.41, 5.74) is 3.51. The van der Waals surface area contributed by atoms with Gasteiger partial charge in [-0.2, -0.15) is 14.6 Å². The van der Waals surface area contributed by atoms with Gasteiger partial charge in [-0.3, -0.25) is 9.78 Å². The van der Waals surface area contributed by atoms with Crippen LogP contribution < -0.4 is 10.5 Å². The third-order valence-corrected chi connectivity index (χ3v) is 4.72. The fraction of sp³-hybridized carbons (Fsp3) is 0.278. The van der Waals surface area contributed by atoms with Gasteiger partial charge in [-0.05, 0) is 12.5 Å². The van der Waals surface area contributed by atoms with Gasteiger partial charge in [0.1, 0.15) is 0 Å². The van der Waals surface area contributed by atoms with E-state index in [-0.39, 0.29) is 11.1 Å². The van der Waals surface area contributed by atoms with E-state index in [2.05, 4.69) is 25.3 Å². The lowest BCUT2D eigenvalue weighted by Crippen LogP contribution is -2.38. The van der Waals surface area contributed by atoms with Crippen LogP contribution in [0.2, 0.25) is 0 Å². The fourth-order valence-corrected chi connectivity index (χ4v) is 3.40. The third-order valence-electron chi connectivity index (χ3n) is 4.72. The number of hydrogen-bond donors (Lipinski definition) is 1. The van der Waals surface area contributed by atoms with Gasteiger partial charge in [-0.15, -0.1) is 10.2 Å². The Labute approximate surface area is 153 Å². The molecule has 1 N–H and O–H groups in total. The number of morpholine rings is 1. The summed E-state index contributed by atoms with van der Waals surface area (Å²) in [5, 5.41) is 13.0. The van der Waals surface area contributed by atoms with Gasteiger partial charge >= 0.3 is 0 Å². The second kappa shape index (κ2) is 6.13. The van der Waals surface area contributed by atoms with Crippen LogP contribution >= 0.6 is 0 Å². The van der Waals surface area contributed by atoms with E-state index in [0.717, 1.165) is 16.8 Å². The Morgan fingerprint density at radius 3 is 2.63 bits per heavy atom. The molecule has 0 aliphatic carbocycles. The molecule has 9 heteroatoms. The Morgan fingerprint density at radius 2 is 1.85 bits per heavy atom. The molecule has 0 radical (unpaired) electrons. The molecule has 1 saturated heterocycles. The Balaban J connectivity index is 1.77. The summed E-state index contributed by atoms with van der Waals surface area (Å²) in [6.07, 6.45) is 0. The van der Waals surface area contributed by atoms with Crippen molar-refractivity contribution in [1.82, 2.24) is 29.8 Å². The Kier molecular flexibility index (Phi) is 3.61. The lowest BCUT2D eigenvalue weighted by molar-refractivity contribution is 0.122. The van der Waals surface area contributed by atoms with Crippen LogP contribution in [-0.2, 0) is 4.74 Å². The van der Waals surface area contributed by atoms with Gasteiger partial charge in [0.25, 0.3) is 5.56 Å². The first kappa shape index (κ1) is 15.9. The summed E-state index contributed by atoms with van der Waals surface area (Å²) >= 11 is 0. The minimum Gasteiger partial charge on any atom is -0.378 e. The molecule has 0 amide bonds. The number of rotatable bonds is 2. The highest BCUT2D eigenvalue weighted by atomic mass is 16.5. The van der Waals surface area contributed by atoms with Crippen molar-refractivity contribution in [2.45, 2.75) is 6.92 Å². The summed E-state index contributed by atoms with van der Waals surface area (Å²) < 4.78 is 6.99. The average Bonchev–Trinajstić information content (AvgIpc) is 3.05. The number of aryl methyl sites for hydroxylation is 1. The van der Waals surface area contributed by atoms with Gasteiger partial charge in [-0.25, -0.2) is 0 Å². The van der Waals surface area contributed by atoms with Gasteiger partial charge in [-0.1, -0.05) is 30.3 Å². The highest BCUT2D eigenvalue weighted by Gasteiger charge is 2.20. The highest BCUT2D eigenvalue weighted by molar-refractivity contribution is 5.83. The standard InChI is InChI=1S/C18H17N7O2/c1-11-13(12-5-3-2-4-6-12)15-22-21-14-16(25(15)23-11)19-18(20-17(14)26)24-7-9-27-10-8-24/h2-6H,7-10H2,1H3,(H,19,20,26). The molecule has 4 heterocycles. The molecule has 0 atom stereocenters. The van der Waals surface area contributed by atoms with E-state index in [9.17, 15) is 4.79 Å². The second-order valence-electron chi connectivity index (χ2n) is 6.42. The lowest BCUT2D eigenvalue weighted by atomic mass is 10.1. The monoisotopic (exact) mass is 363 g/mol. The van der Waals surface area contributed by atoms with E-state index in [1.165, 1.54) is 0 Å². The fourth-order valence-electron chi connectivity index (χ4n) is 3.40. The van der Waals surface area contributed by atoms with Crippen molar-refractivity contribution in [3.05, 3.63) is 46.4 Å². The molecular formula is C18H17N7O2. The van der Waals surface area contributed by atoms with Crippen LogP contribution in [0.15, 0.2) is 35.1 Å². The molecule has 0 saturated carbocycles. The van der Waals surface area contributed by atoms with Crippen LogP contribution in [0.5, 0.6) is 0 Å². The van der Waals surface area contributed by atoms with Crippen molar-refractivity contribution in [1.29, 1.82) is 0 Å². The van der Waals surface area contributed by atoms with Crippen molar-refractivity contribution in [3.63, 3.8) is 0 Å². The Bertz CT molecular complexity index is 1190. The van der Waals surface area contributed by atoms with Gasteiger partial charge in [0.2, 0.25) is 5.95 Å². The molecule has 1 aliphatic rings. The highest BCUT2D eigenvalue weighted by Crippen LogP contribution is 2.27. The van der Waals surface area contributed by atoms with E-state index in [1.54, 1.807) is 4.52 Å².